The van der Waals surface area contributed by atoms with Gasteiger partial charge in [0.05, 0.1) is 7.11 Å². The molecule has 0 fully saturated rings. The Balaban J connectivity index is 1.92. The Hall–Kier alpha value is -2.90. The summed E-state index contributed by atoms with van der Waals surface area (Å²) in [5, 5.41) is 6.74. The average Bonchev–Trinajstić information content (AvgIpc) is 2.89. The summed E-state index contributed by atoms with van der Waals surface area (Å²) < 4.78 is 8.00. The van der Waals surface area contributed by atoms with E-state index < -0.39 is 5.97 Å². The molecule has 2 rings (SSSR count). The van der Waals surface area contributed by atoms with Crippen LogP contribution in [0.15, 0.2) is 23.0 Å². The van der Waals surface area contributed by atoms with E-state index in [2.05, 4.69) is 15.2 Å². The number of nitrogens with zero attached hydrogens (tertiary/aromatic N) is 3. The highest BCUT2D eigenvalue weighted by atomic mass is 16.5. The van der Waals surface area contributed by atoms with Crippen molar-refractivity contribution in [1.29, 1.82) is 0 Å². The van der Waals surface area contributed by atoms with Crippen LogP contribution >= 0.6 is 0 Å². The molecule has 0 unspecified atom stereocenters. The predicted octanol–water partition coefficient (Wildman–Crippen LogP) is 1.40. The third-order valence-electron chi connectivity index (χ3n) is 3.88. The molecule has 0 spiro atoms. The van der Waals surface area contributed by atoms with Crippen molar-refractivity contribution < 1.29 is 14.3 Å². The monoisotopic (exact) mass is 346 g/mol. The Kier molecular flexibility index (Phi) is 5.74. The van der Waals surface area contributed by atoms with Crippen LogP contribution in [0.3, 0.4) is 0 Å². The van der Waals surface area contributed by atoms with E-state index in [4.69, 9.17) is 0 Å². The van der Waals surface area contributed by atoms with Crippen LogP contribution in [0.4, 0.5) is 5.82 Å². The maximum absolute atomic E-state index is 12.1. The maximum Gasteiger partial charge on any atom is 0.356 e. The molecular formula is C17H22N4O4. The summed E-state index contributed by atoms with van der Waals surface area (Å²) in [4.78, 5) is 35.0. The van der Waals surface area contributed by atoms with Crippen LogP contribution < -0.4 is 10.7 Å². The molecule has 0 aliphatic heterocycles. The molecule has 0 radical (unpaired) electrons. The highest BCUT2D eigenvalue weighted by Gasteiger charge is 2.14. The molecule has 2 aromatic heterocycles. The fourth-order valence-corrected chi connectivity index (χ4v) is 2.67. The third-order valence-corrected chi connectivity index (χ3v) is 3.88. The van der Waals surface area contributed by atoms with Gasteiger partial charge in [0, 0.05) is 49.6 Å². The number of aryl methyl sites for hydroxylation is 3. The van der Waals surface area contributed by atoms with Crippen molar-refractivity contribution in [2.45, 2.75) is 33.2 Å². The maximum atomic E-state index is 12.1. The number of aromatic nitrogens is 3. The molecule has 0 bridgehead atoms. The van der Waals surface area contributed by atoms with Crippen molar-refractivity contribution >= 4 is 17.7 Å². The van der Waals surface area contributed by atoms with Crippen LogP contribution in [0.2, 0.25) is 0 Å². The summed E-state index contributed by atoms with van der Waals surface area (Å²) in [6.07, 6.45) is 0.919. The lowest BCUT2D eigenvalue weighted by Crippen LogP contribution is -2.16. The van der Waals surface area contributed by atoms with Crippen LogP contribution in [-0.2, 0) is 23.1 Å². The number of amides is 1. The van der Waals surface area contributed by atoms with Crippen molar-refractivity contribution in [2.24, 2.45) is 7.05 Å². The zero-order valence-electron chi connectivity index (χ0n) is 14.8. The number of rotatable bonds is 6. The second-order valence-electron chi connectivity index (χ2n) is 5.81. The van der Waals surface area contributed by atoms with Crippen LogP contribution in [0.5, 0.6) is 0 Å². The topological polar surface area (TPSA) is 95.2 Å². The lowest BCUT2D eigenvalue weighted by Gasteiger charge is -2.13. The molecule has 1 amide bonds. The molecule has 0 aliphatic carbocycles. The molecular weight excluding hydrogens is 324 g/mol. The molecule has 0 atom stereocenters. The molecule has 2 aromatic rings. The molecule has 0 saturated carbocycles. The van der Waals surface area contributed by atoms with Crippen molar-refractivity contribution in [1.82, 2.24) is 14.3 Å². The first-order valence-corrected chi connectivity index (χ1v) is 7.92. The highest BCUT2D eigenvalue weighted by Crippen LogP contribution is 2.11. The summed E-state index contributed by atoms with van der Waals surface area (Å²) in [5.74, 6) is -0.394. The average molecular weight is 346 g/mol. The summed E-state index contributed by atoms with van der Waals surface area (Å²) >= 11 is 0. The Morgan fingerprint density at radius 3 is 2.44 bits per heavy atom. The lowest BCUT2D eigenvalue weighted by molar-refractivity contribution is -0.116. The number of carbonyl (C=O) groups is 2. The molecule has 0 aliphatic rings. The first-order chi connectivity index (χ1) is 11.8. The van der Waals surface area contributed by atoms with E-state index in [0.29, 0.717) is 25.2 Å². The van der Waals surface area contributed by atoms with E-state index in [9.17, 15) is 14.4 Å². The van der Waals surface area contributed by atoms with Gasteiger partial charge in [0.15, 0.2) is 11.2 Å². The highest BCUT2D eigenvalue weighted by molar-refractivity contribution is 5.92. The second kappa shape index (κ2) is 7.78. The fraction of sp³-hybridized carbons (Fsp3) is 0.412. The summed E-state index contributed by atoms with van der Waals surface area (Å²) in [6.45, 7) is 4.38. The van der Waals surface area contributed by atoms with Gasteiger partial charge in [0.2, 0.25) is 5.91 Å². The van der Waals surface area contributed by atoms with Gasteiger partial charge in [-0.3, -0.25) is 14.3 Å². The van der Waals surface area contributed by atoms with Gasteiger partial charge >= 0.3 is 5.97 Å². The van der Waals surface area contributed by atoms with E-state index in [0.717, 1.165) is 11.4 Å². The van der Waals surface area contributed by atoms with Crippen molar-refractivity contribution in [3.8, 4) is 0 Å². The van der Waals surface area contributed by atoms with Gasteiger partial charge in [-0.15, -0.1) is 0 Å². The van der Waals surface area contributed by atoms with Gasteiger partial charge in [-0.1, -0.05) is 0 Å². The Labute approximate surface area is 145 Å². The molecule has 8 nitrogen and oxygen atoms in total. The summed E-state index contributed by atoms with van der Waals surface area (Å²) in [6, 6.07) is 4.63. The number of ether oxygens (including phenoxy) is 1. The first kappa shape index (κ1) is 18.4. The minimum atomic E-state index is -0.514. The molecule has 0 saturated heterocycles. The van der Waals surface area contributed by atoms with Crippen LogP contribution in [0, 0.1) is 13.8 Å². The minimum absolute atomic E-state index is 0.0134. The molecule has 25 heavy (non-hydrogen) atoms. The number of anilines is 1. The van der Waals surface area contributed by atoms with Gasteiger partial charge in [0.1, 0.15) is 5.69 Å². The van der Waals surface area contributed by atoms with Gasteiger partial charge in [-0.05, 0) is 20.3 Å². The lowest BCUT2D eigenvalue weighted by atomic mass is 10.2. The molecule has 134 valence electrons. The normalized spacial score (nSPS) is 10.6. The number of hydrogen-bond donors (Lipinski definition) is 1. The molecule has 8 heteroatoms. The smallest absolute Gasteiger partial charge is 0.356 e. The molecule has 0 aromatic carbocycles. The number of pyridine rings is 1. The Morgan fingerprint density at radius 2 is 1.84 bits per heavy atom. The van der Waals surface area contributed by atoms with Crippen molar-refractivity contribution in [3.63, 3.8) is 0 Å². The van der Waals surface area contributed by atoms with Gasteiger partial charge < -0.3 is 14.6 Å². The van der Waals surface area contributed by atoms with E-state index >= 15 is 0 Å². The summed E-state index contributed by atoms with van der Waals surface area (Å²) in [5.41, 5.74) is 1.99. The summed E-state index contributed by atoms with van der Waals surface area (Å²) in [7, 11) is 2.89. The van der Waals surface area contributed by atoms with Crippen LogP contribution in [0.25, 0.3) is 0 Å². The zero-order valence-corrected chi connectivity index (χ0v) is 14.8. The molecule has 2 heterocycles. The third kappa shape index (κ3) is 4.56. The van der Waals surface area contributed by atoms with Crippen molar-refractivity contribution in [3.05, 3.63) is 45.5 Å². The van der Waals surface area contributed by atoms with E-state index in [1.807, 2.05) is 18.4 Å². The zero-order chi connectivity index (χ0) is 18.6. The predicted molar refractivity (Wildman–Crippen MR) is 92.6 cm³/mol. The SMILES string of the molecule is COC(=O)c1cc(NC(=O)CCCn2c(C)cc(=O)cc2C)nn1C. The van der Waals surface area contributed by atoms with E-state index in [1.165, 1.54) is 17.9 Å². The van der Waals surface area contributed by atoms with E-state index in [-0.39, 0.29) is 17.0 Å². The second-order valence-corrected chi connectivity index (χ2v) is 5.81. The Morgan fingerprint density at radius 1 is 1.20 bits per heavy atom. The first-order valence-electron chi connectivity index (χ1n) is 7.92. The fourth-order valence-electron chi connectivity index (χ4n) is 2.67. The van der Waals surface area contributed by atoms with Crippen molar-refractivity contribution in [2.75, 3.05) is 12.4 Å². The number of esters is 1. The number of carbonyl (C=O) groups excluding carboxylic acids is 2. The number of hydrogen-bond acceptors (Lipinski definition) is 5. The number of methoxy groups -OCH3 is 1. The largest absolute Gasteiger partial charge is 0.464 e. The van der Waals surface area contributed by atoms with Gasteiger partial charge in [-0.2, -0.15) is 5.10 Å². The number of nitrogens with one attached hydrogen (secondary N) is 1. The van der Waals surface area contributed by atoms with E-state index in [1.54, 1.807) is 19.2 Å². The van der Waals surface area contributed by atoms with Gasteiger partial charge in [0.25, 0.3) is 0 Å². The quantitative estimate of drug-likeness (QED) is 0.798. The minimum Gasteiger partial charge on any atom is -0.464 e. The van der Waals surface area contributed by atoms with Crippen LogP contribution in [0.1, 0.15) is 34.7 Å². The molecule has 1 N–H and O–H groups in total. The van der Waals surface area contributed by atoms with Gasteiger partial charge in [-0.25, -0.2) is 4.79 Å². The van der Waals surface area contributed by atoms with Crippen LogP contribution in [-0.4, -0.2) is 33.3 Å². The standard InChI is InChI=1S/C17H22N4O4/c1-11-8-13(22)9-12(2)21(11)7-5-6-16(23)18-15-10-14(17(24)25-4)20(3)19-15/h8-10H,5-7H2,1-4H3,(H,18,19,23). The Bertz CT molecular complexity index is 825.